The van der Waals surface area contributed by atoms with Crippen LogP contribution < -0.4 is 0 Å². The fourth-order valence-corrected chi connectivity index (χ4v) is 3.73. The minimum Gasteiger partial charge on any atom is -0.346 e. The molecule has 0 saturated heterocycles. The smallest absolute Gasteiger partial charge is 0.175 e. The largest absolute Gasteiger partial charge is 0.346 e. The van der Waals surface area contributed by atoms with Gasteiger partial charge in [0, 0.05) is 34.1 Å². The monoisotopic (exact) mass is 354 g/mol. The van der Waals surface area contributed by atoms with Crippen LogP contribution in [0.15, 0.2) is 59.6 Å². The number of halogens is 1. The second-order valence-electron chi connectivity index (χ2n) is 5.30. The molecule has 0 aliphatic heterocycles. The van der Waals surface area contributed by atoms with Crippen molar-refractivity contribution in [2.75, 3.05) is 5.75 Å². The number of carbonyl (C=O) groups excluding carboxylic acids is 1. The first kappa shape index (κ1) is 16.6. The number of nitrogens with zero attached hydrogens (tertiary/aromatic N) is 2. The van der Waals surface area contributed by atoms with Crippen molar-refractivity contribution in [2.24, 2.45) is 0 Å². The maximum absolute atomic E-state index is 12.7. The van der Waals surface area contributed by atoms with Crippen molar-refractivity contribution in [3.05, 3.63) is 65.3 Å². The number of benzene rings is 2. The molecule has 0 fully saturated rings. The van der Waals surface area contributed by atoms with Crippen molar-refractivity contribution in [3.8, 4) is 6.07 Å². The summed E-state index contributed by atoms with van der Waals surface area (Å²) in [5.41, 5.74) is 1.68. The first-order valence-electron chi connectivity index (χ1n) is 7.56. The zero-order chi connectivity index (χ0) is 16.9. The maximum Gasteiger partial charge on any atom is 0.175 e. The summed E-state index contributed by atoms with van der Waals surface area (Å²) in [4.78, 5) is 13.6. The standard InChI is InChI=1S/C19H15ClN2OS/c20-16-7-2-4-9-19(16)24-13-18(23)15-12-22(11-5-10-21)17-8-3-1-6-14(15)17/h1-4,6-9,12H,5,11,13H2. The van der Waals surface area contributed by atoms with Gasteiger partial charge in [-0.15, -0.1) is 11.8 Å². The third kappa shape index (κ3) is 3.48. The SMILES string of the molecule is N#CCCn1cc(C(=O)CSc2ccccc2Cl)c2ccccc21. The highest BCUT2D eigenvalue weighted by Gasteiger charge is 2.15. The molecule has 5 heteroatoms. The number of fused-ring (bicyclic) bond motifs is 1. The predicted octanol–water partition coefficient (Wildman–Crippen LogP) is 5.18. The number of hydrogen-bond acceptors (Lipinski definition) is 3. The molecule has 0 spiro atoms. The maximum atomic E-state index is 12.7. The minimum absolute atomic E-state index is 0.0619. The first-order chi connectivity index (χ1) is 11.7. The van der Waals surface area contributed by atoms with Gasteiger partial charge in [-0.25, -0.2) is 0 Å². The van der Waals surface area contributed by atoms with Crippen LogP contribution in [0.5, 0.6) is 0 Å². The van der Waals surface area contributed by atoms with Crippen molar-refractivity contribution in [1.29, 1.82) is 5.26 Å². The van der Waals surface area contributed by atoms with Crippen LogP contribution in [0.3, 0.4) is 0 Å². The summed E-state index contributed by atoms with van der Waals surface area (Å²) in [6.07, 6.45) is 2.28. The zero-order valence-electron chi connectivity index (χ0n) is 12.9. The van der Waals surface area contributed by atoms with E-state index in [0.717, 1.165) is 15.8 Å². The quantitative estimate of drug-likeness (QED) is 0.452. The van der Waals surface area contributed by atoms with Gasteiger partial charge in [-0.3, -0.25) is 4.79 Å². The lowest BCUT2D eigenvalue weighted by atomic mass is 10.1. The lowest BCUT2D eigenvalue weighted by molar-refractivity contribution is 0.102. The Balaban J connectivity index is 1.84. The number of aromatic nitrogens is 1. The number of hydrogen-bond donors (Lipinski definition) is 0. The van der Waals surface area contributed by atoms with Crippen LogP contribution in [0.1, 0.15) is 16.8 Å². The highest BCUT2D eigenvalue weighted by atomic mass is 35.5. The van der Waals surface area contributed by atoms with E-state index in [0.29, 0.717) is 29.3 Å². The van der Waals surface area contributed by atoms with Crippen LogP contribution in [-0.4, -0.2) is 16.1 Å². The van der Waals surface area contributed by atoms with Crippen molar-refractivity contribution in [3.63, 3.8) is 0 Å². The molecule has 3 aromatic rings. The Bertz CT molecular complexity index is 927. The molecule has 0 saturated carbocycles. The van der Waals surface area contributed by atoms with Crippen LogP contribution in [0.4, 0.5) is 0 Å². The summed E-state index contributed by atoms with van der Waals surface area (Å²) < 4.78 is 1.98. The fraction of sp³-hybridized carbons (Fsp3) is 0.158. The number of rotatable bonds is 6. The van der Waals surface area contributed by atoms with E-state index in [-0.39, 0.29) is 5.78 Å². The molecule has 0 aliphatic carbocycles. The molecule has 120 valence electrons. The van der Waals surface area contributed by atoms with Gasteiger partial charge in [0.05, 0.1) is 23.3 Å². The van der Waals surface area contributed by atoms with Crippen LogP contribution >= 0.6 is 23.4 Å². The third-order valence-electron chi connectivity index (χ3n) is 3.75. The fourth-order valence-electron chi connectivity index (χ4n) is 2.61. The Kier molecular flexibility index (Phi) is 5.24. The molecule has 0 bridgehead atoms. The summed E-state index contributed by atoms with van der Waals surface area (Å²) in [5.74, 6) is 0.391. The van der Waals surface area contributed by atoms with E-state index in [4.69, 9.17) is 16.9 Å². The van der Waals surface area contributed by atoms with Gasteiger partial charge in [-0.1, -0.05) is 41.9 Å². The first-order valence-corrected chi connectivity index (χ1v) is 8.92. The summed E-state index contributed by atoms with van der Waals surface area (Å²) >= 11 is 7.59. The van der Waals surface area contributed by atoms with Gasteiger partial charge in [-0.2, -0.15) is 5.26 Å². The van der Waals surface area contributed by atoms with Gasteiger partial charge in [0.15, 0.2) is 5.78 Å². The van der Waals surface area contributed by atoms with Crippen molar-refractivity contribution < 1.29 is 4.79 Å². The predicted molar refractivity (Wildman–Crippen MR) is 98.7 cm³/mol. The second kappa shape index (κ2) is 7.57. The zero-order valence-corrected chi connectivity index (χ0v) is 14.5. The Morgan fingerprint density at radius 2 is 1.92 bits per heavy atom. The van der Waals surface area contributed by atoms with E-state index in [2.05, 4.69) is 6.07 Å². The van der Waals surface area contributed by atoms with Crippen LogP contribution in [0.2, 0.25) is 5.02 Å². The van der Waals surface area contributed by atoms with Crippen molar-refractivity contribution in [2.45, 2.75) is 17.9 Å². The van der Waals surface area contributed by atoms with Crippen LogP contribution in [-0.2, 0) is 6.54 Å². The van der Waals surface area contributed by atoms with Gasteiger partial charge >= 0.3 is 0 Å². The molecule has 0 amide bonds. The number of nitriles is 1. The van der Waals surface area contributed by atoms with E-state index in [1.54, 1.807) is 0 Å². The van der Waals surface area contributed by atoms with Gasteiger partial charge in [-0.05, 0) is 18.2 Å². The molecule has 24 heavy (non-hydrogen) atoms. The Labute approximate surface area is 149 Å². The molecule has 0 aliphatic rings. The van der Waals surface area contributed by atoms with Crippen LogP contribution in [0, 0.1) is 11.3 Å². The molecule has 0 N–H and O–H groups in total. The highest BCUT2D eigenvalue weighted by Crippen LogP contribution is 2.29. The number of carbonyl (C=O) groups is 1. The minimum atomic E-state index is 0.0619. The van der Waals surface area contributed by atoms with Gasteiger partial charge in [0.2, 0.25) is 0 Å². The van der Waals surface area contributed by atoms with Crippen molar-refractivity contribution in [1.82, 2.24) is 4.57 Å². The van der Waals surface area contributed by atoms with E-state index in [9.17, 15) is 4.79 Å². The highest BCUT2D eigenvalue weighted by molar-refractivity contribution is 8.00. The number of Topliss-reactive ketones (excluding diaryl/α,β-unsaturated/α-hetero) is 1. The van der Waals surface area contributed by atoms with Gasteiger partial charge in [0.25, 0.3) is 0 Å². The molecule has 1 heterocycles. The molecule has 2 aromatic carbocycles. The number of thioether (sulfide) groups is 1. The molecule has 0 radical (unpaired) electrons. The van der Waals surface area contributed by atoms with Crippen molar-refractivity contribution >= 4 is 40.0 Å². The average Bonchev–Trinajstić information content (AvgIpc) is 2.98. The molecular weight excluding hydrogens is 340 g/mol. The molecule has 3 nitrogen and oxygen atoms in total. The summed E-state index contributed by atoms with van der Waals surface area (Å²) in [7, 11) is 0. The summed E-state index contributed by atoms with van der Waals surface area (Å²) in [6.45, 7) is 0.585. The Hall–Kier alpha value is -2.22. The molecule has 3 rings (SSSR count). The number of ketones is 1. The Morgan fingerprint density at radius 1 is 1.17 bits per heavy atom. The van der Waals surface area contributed by atoms with Gasteiger partial charge < -0.3 is 4.57 Å². The molecule has 1 aromatic heterocycles. The van der Waals surface area contributed by atoms with Gasteiger partial charge in [0.1, 0.15) is 0 Å². The Morgan fingerprint density at radius 3 is 2.71 bits per heavy atom. The summed E-state index contributed by atoms with van der Waals surface area (Å²) in [5, 5.41) is 10.4. The second-order valence-corrected chi connectivity index (χ2v) is 6.73. The normalized spacial score (nSPS) is 10.7. The number of para-hydroxylation sites is 1. The summed E-state index contributed by atoms with van der Waals surface area (Å²) in [6, 6.07) is 17.5. The third-order valence-corrected chi connectivity index (χ3v) is 5.26. The molecule has 0 atom stereocenters. The molecule has 0 unspecified atom stereocenters. The van der Waals surface area contributed by atoms with E-state index in [1.807, 2.05) is 59.3 Å². The topological polar surface area (TPSA) is 45.8 Å². The lowest BCUT2D eigenvalue weighted by Gasteiger charge is -2.03. The van der Waals surface area contributed by atoms with E-state index in [1.165, 1.54) is 11.8 Å². The van der Waals surface area contributed by atoms with Crippen LogP contribution in [0.25, 0.3) is 10.9 Å². The lowest BCUT2D eigenvalue weighted by Crippen LogP contribution is -2.02. The van der Waals surface area contributed by atoms with E-state index < -0.39 is 0 Å². The van der Waals surface area contributed by atoms with E-state index >= 15 is 0 Å². The average molecular weight is 355 g/mol. The number of aryl methyl sites for hydroxylation is 1. The molecular formula is C19H15ClN2OS.